The lowest BCUT2D eigenvalue weighted by Crippen LogP contribution is -2.52. The zero-order valence-corrected chi connectivity index (χ0v) is 10.9. The van der Waals surface area contributed by atoms with Gasteiger partial charge in [0.05, 0.1) is 12.1 Å². The van der Waals surface area contributed by atoms with Gasteiger partial charge >= 0.3 is 0 Å². The SMILES string of the molecule is CC(C)CNC1(CO)CC(C)N(C2CC2)C1. The monoisotopic (exact) mass is 226 g/mol. The Bertz CT molecular complexity index is 240. The molecule has 2 unspecified atom stereocenters. The molecule has 1 saturated heterocycles. The van der Waals surface area contributed by atoms with Gasteiger partial charge in [0.15, 0.2) is 0 Å². The van der Waals surface area contributed by atoms with E-state index in [2.05, 4.69) is 31.0 Å². The lowest BCUT2D eigenvalue weighted by Gasteiger charge is -2.29. The first-order valence-electron chi connectivity index (χ1n) is 6.68. The molecule has 16 heavy (non-hydrogen) atoms. The van der Waals surface area contributed by atoms with Crippen molar-refractivity contribution in [1.29, 1.82) is 0 Å². The molecule has 1 heterocycles. The molecule has 3 heteroatoms. The molecule has 0 amide bonds. The number of aliphatic hydroxyl groups excluding tert-OH is 1. The van der Waals surface area contributed by atoms with Gasteiger partial charge in [-0.3, -0.25) is 4.90 Å². The van der Waals surface area contributed by atoms with Crippen molar-refractivity contribution in [3.63, 3.8) is 0 Å². The molecular weight excluding hydrogens is 200 g/mol. The Morgan fingerprint density at radius 3 is 2.62 bits per heavy atom. The van der Waals surface area contributed by atoms with Crippen LogP contribution in [0.4, 0.5) is 0 Å². The maximum Gasteiger partial charge on any atom is 0.0626 e. The van der Waals surface area contributed by atoms with Gasteiger partial charge in [-0.2, -0.15) is 0 Å². The number of hydrogen-bond acceptors (Lipinski definition) is 3. The molecule has 0 radical (unpaired) electrons. The molecule has 2 fully saturated rings. The minimum absolute atomic E-state index is 0.0354. The normalized spacial score (nSPS) is 36.2. The summed E-state index contributed by atoms with van der Waals surface area (Å²) in [7, 11) is 0. The molecule has 2 rings (SSSR count). The molecule has 3 nitrogen and oxygen atoms in total. The number of likely N-dealkylation sites (tertiary alicyclic amines) is 1. The van der Waals surface area contributed by atoms with Crippen LogP contribution in [0.25, 0.3) is 0 Å². The Hall–Kier alpha value is -0.120. The third-order valence-corrected chi connectivity index (χ3v) is 3.94. The summed E-state index contributed by atoms with van der Waals surface area (Å²) in [5.41, 5.74) is -0.0354. The molecule has 0 spiro atoms. The van der Waals surface area contributed by atoms with Crippen LogP contribution in [0.15, 0.2) is 0 Å². The molecule has 0 aromatic rings. The summed E-state index contributed by atoms with van der Waals surface area (Å²) in [6.45, 7) is 9.04. The number of hydrogen-bond donors (Lipinski definition) is 2. The first kappa shape index (κ1) is 12.3. The summed E-state index contributed by atoms with van der Waals surface area (Å²) in [5.74, 6) is 0.647. The number of aliphatic hydroxyl groups is 1. The molecule has 0 aromatic heterocycles. The molecule has 1 aliphatic carbocycles. The van der Waals surface area contributed by atoms with Crippen molar-refractivity contribution in [1.82, 2.24) is 10.2 Å². The third-order valence-electron chi connectivity index (χ3n) is 3.94. The largest absolute Gasteiger partial charge is 0.394 e. The summed E-state index contributed by atoms with van der Waals surface area (Å²) < 4.78 is 0. The van der Waals surface area contributed by atoms with Crippen LogP contribution in [-0.2, 0) is 0 Å². The van der Waals surface area contributed by atoms with Crippen molar-refractivity contribution in [2.75, 3.05) is 19.7 Å². The van der Waals surface area contributed by atoms with Crippen LogP contribution >= 0.6 is 0 Å². The molecule has 0 bridgehead atoms. The lowest BCUT2D eigenvalue weighted by molar-refractivity contribution is 0.155. The molecule has 0 aromatic carbocycles. The molecule has 1 saturated carbocycles. The Labute approximate surface area is 99.2 Å². The Morgan fingerprint density at radius 1 is 1.44 bits per heavy atom. The highest BCUT2D eigenvalue weighted by molar-refractivity contribution is 5.04. The number of rotatable bonds is 5. The van der Waals surface area contributed by atoms with Crippen molar-refractivity contribution in [3.05, 3.63) is 0 Å². The van der Waals surface area contributed by atoms with Gasteiger partial charge in [0.1, 0.15) is 0 Å². The van der Waals surface area contributed by atoms with Gasteiger partial charge in [-0.1, -0.05) is 13.8 Å². The van der Waals surface area contributed by atoms with Crippen LogP contribution in [0.5, 0.6) is 0 Å². The van der Waals surface area contributed by atoms with E-state index in [0.29, 0.717) is 12.0 Å². The Balaban J connectivity index is 1.94. The topological polar surface area (TPSA) is 35.5 Å². The minimum Gasteiger partial charge on any atom is -0.394 e. The first-order chi connectivity index (χ1) is 7.56. The third kappa shape index (κ3) is 2.58. The maximum absolute atomic E-state index is 9.68. The second kappa shape index (κ2) is 4.63. The molecule has 2 aliphatic rings. The Kier molecular flexibility index (Phi) is 3.57. The molecular formula is C13H26N2O. The smallest absolute Gasteiger partial charge is 0.0626 e. The van der Waals surface area contributed by atoms with Gasteiger partial charge < -0.3 is 10.4 Å². The van der Waals surface area contributed by atoms with Gasteiger partial charge in [-0.15, -0.1) is 0 Å². The van der Waals surface area contributed by atoms with Crippen molar-refractivity contribution < 1.29 is 5.11 Å². The summed E-state index contributed by atoms with van der Waals surface area (Å²) >= 11 is 0. The van der Waals surface area contributed by atoms with Crippen LogP contribution in [0.1, 0.15) is 40.0 Å². The highest BCUT2D eigenvalue weighted by atomic mass is 16.3. The van der Waals surface area contributed by atoms with Gasteiger partial charge in [-0.05, 0) is 38.6 Å². The van der Waals surface area contributed by atoms with E-state index in [-0.39, 0.29) is 12.1 Å². The predicted octanol–water partition coefficient (Wildman–Crippen LogP) is 1.22. The van der Waals surface area contributed by atoms with Crippen molar-refractivity contribution >= 4 is 0 Å². The van der Waals surface area contributed by atoms with E-state index in [9.17, 15) is 5.11 Å². The van der Waals surface area contributed by atoms with Crippen LogP contribution < -0.4 is 5.32 Å². The standard InChI is InChI=1S/C13H26N2O/c1-10(2)7-14-13(9-16)6-11(3)15(8-13)12-4-5-12/h10-12,14,16H,4-9H2,1-3H3. The van der Waals surface area contributed by atoms with Gasteiger partial charge in [0.25, 0.3) is 0 Å². The fourth-order valence-corrected chi connectivity index (χ4v) is 2.87. The average Bonchev–Trinajstić information content (AvgIpc) is 3.01. The molecule has 2 atom stereocenters. The van der Waals surface area contributed by atoms with E-state index >= 15 is 0 Å². The van der Waals surface area contributed by atoms with Gasteiger partial charge in [0.2, 0.25) is 0 Å². The van der Waals surface area contributed by atoms with E-state index in [1.54, 1.807) is 0 Å². The first-order valence-corrected chi connectivity index (χ1v) is 6.68. The Morgan fingerprint density at radius 2 is 2.12 bits per heavy atom. The second-order valence-electron chi connectivity index (χ2n) is 6.17. The fourth-order valence-electron chi connectivity index (χ4n) is 2.87. The van der Waals surface area contributed by atoms with E-state index in [1.807, 2.05) is 0 Å². The summed E-state index contributed by atoms with van der Waals surface area (Å²) in [6, 6.07) is 1.43. The predicted molar refractivity (Wildman–Crippen MR) is 66.5 cm³/mol. The molecule has 2 N–H and O–H groups in total. The second-order valence-corrected chi connectivity index (χ2v) is 6.17. The van der Waals surface area contributed by atoms with Gasteiger partial charge in [0, 0.05) is 18.6 Å². The number of nitrogens with one attached hydrogen (secondary N) is 1. The summed E-state index contributed by atoms with van der Waals surface area (Å²) in [4.78, 5) is 2.59. The summed E-state index contributed by atoms with van der Waals surface area (Å²) in [6.07, 6.45) is 3.80. The highest BCUT2D eigenvalue weighted by Gasteiger charge is 2.46. The minimum atomic E-state index is -0.0354. The van der Waals surface area contributed by atoms with Crippen LogP contribution in [-0.4, -0.2) is 47.3 Å². The quantitative estimate of drug-likeness (QED) is 0.740. The molecule has 94 valence electrons. The van der Waals surface area contributed by atoms with Crippen molar-refractivity contribution in [3.8, 4) is 0 Å². The highest BCUT2D eigenvalue weighted by Crippen LogP contribution is 2.37. The van der Waals surface area contributed by atoms with Crippen LogP contribution in [0.2, 0.25) is 0 Å². The lowest BCUT2D eigenvalue weighted by atomic mass is 9.96. The fraction of sp³-hybridized carbons (Fsp3) is 1.00. The maximum atomic E-state index is 9.68. The van der Waals surface area contributed by atoms with E-state index < -0.39 is 0 Å². The van der Waals surface area contributed by atoms with Crippen LogP contribution in [0.3, 0.4) is 0 Å². The van der Waals surface area contributed by atoms with Crippen molar-refractivity contribution in [2.24, 2.45) is 5.92 Å². The van der Waals surface area contributed by atoms with Gasteiger partial charge in [-0.25, -0.2) is 0 Å². The van der Waals surface area contributed by atoms with Crippen molar-refractivity contribution in [2.45, 2.75) is 57.7 Å². The van der Waals surface area contributed by atoms with Crippen LogP contribution in [0, 0.1) is 5.92 Å². The van der Waals surface area contributed by atoms with E-state index in [1.165, 1.54) is 12.8 Å². The summed E-state index contributed by atoms with van der Waals surface area (Å²) in [5, 5.41) is 13.3. The number of nitrogens with zero attached hydrogens (tertiary/aromatic N) is 1. The zero-order chi connectivity index (χ0) is 11.8. The molecule has 1 aliphatic heterocycles. The zero-order valence-electron chi connectivity index (χ0n) is 10.9. The average molecular weight is 226 g/mol. The van der Waals surface area contributed by atoms with E-state index in [4.69, 9.17) is 0 Å². The van der Waals surface area contributed by atoms with E-state index in [0.717, 1.165) is 25.6 Å².